The van der Waals surface area contributed by atoms with Crippen molar-refractivity contribution in [2.24, 2.45) is 12.2 Å². The highest BCUT2D eigenvalue weighted by Crippen LogP contribution is 2.41. The molecule has 1 saturated heterocycles. The SMILES string of the molecule is CO/N=C(/C(=O)CCl)C(=O)N[C@@H]1C(=O)N2C(C(=O)[O-])=C(CSc3nc(=O)c(=O)[nH]n3C)CSC12. The van der Waals surface area contributed by atoms with Crippen LogP contribution >= 0.6 is 35.1 Å². The van der Waals surface area contributed by atoms with Gasteiger partial charge in [0.2, 0.25) is 11.5 Å². The predicted molar refractivity (Wildman–Crippen MR) is 118 cm³/mol. The summed E-state index contributed by atoms with van der Waals surface area (Å²) in [6, 6.07) is -1.12. The van der Waals surface area contributed by atoms with Gasteiger partial charge in [-0.3, -0.25) is 38.7 Å². The monoisotopic (exact) mass is 531 g/mol. The molecule has 1 fully saturated rings. The molecule has 2 aliphatic rings. The van der Waals surface area contributed by atoms with Crippen molar-refractivity contribution in [2.75, 3.05) is 24.5 Å². The van der Waals surface area contributed by atoms with E-state index in [9.17, 15) is 33.9 Å². The molecule has 34 heavy (non-hydrogen) atoms. The fourth-order valence-corrected chi connectivity index (χ4v) is 5.64. The number of rotatable bonds is 9. The molecule has 1 unspecified atom stereocenters. The van der Waals surface area contributed by atoms with E-state index in [1.807, 2.05) is 0 Å². The first kappa shape index (κ1) is 25.5. The zero-order chi connectivity index (χ0) is 25.2. The highest BCUT2D eigenvalue weighted by molar-refractivity contribution is 8.01. The van der Waals surface area contributed by atoms with Gasteiger partial charge in [-0.05, 0) is 5.57 Å². The van der Waals surface area contributed by atoms with Crippen LogP contribution in [0.5, 0.6) is 0 Å². The van der Waals surface area contributed by atoms with Crippen molar-refractivity contribution in [1.29, 1.82) is 0 Å². The van der Waals surface area contributed by atoms with E-state index in [-0.39, 0.29) is 22.4 Å². The van der Waals surface area contributed by atoms with Gasteiger partial charge in [0.1, 0.15) is 18.5 Å². The van der Waals surface area contributed by atoms with Gasteiger partial charge in [0.15, 0.2) is 5.16 Å². The lowest BCUT2D eigenvalue weighted by Crippen LogP contribution is -2.71. The average molecular weight is 532 g/mol. The van der Waals surface area contributed by atoms with Crippen LogP contribution < -0.4 is 21.5 Å². The molecule has 2 N–H and O–H groups in total. The number of aromatic amines is 1. The molecule has 3 heterocycles. The maximum Gasteiger partial charge on any atom is 0.339 e. The number of ketones is 1. The van der Waals surface area contributed by atoms with Crippen molar-refractivity contribution < 1.29 is 29.1 Å². The van der Waals surface area contributed by atoms with Gasteiger partial charge in [0.25, 0.3) is 11.8 Å². The lowest BCUT2D eigenvalue weighted by molar-refractivity contribution is -0.301. The fourth-order valence-electron chi connectivity index (χ4n) is 3.11. The Bertz CT molecular complexity index is 1240. The first-order valence-electron chi connectivity index (χ1n) is 9.30. The summed E-state index contributed by atoms with van der Waals surface area (Å²) >= 11 is 7.62. The maximum absolute atomic E-state index is 12.7. The molecule has 0 radical (unpaired) electrons. The molecule has 1 aromatic rings. The number of H-pyrrole nitrogens is 1. The summed E-state index contributed by atoms with van der Waals surface area (Å²) in [5.41, 5.74) is -2.56. The van der Waals surface area contributed by atoms with Crippen molar-refractivity contribution >= 4 is 64.4 Å². The number of carboxylic acids is 1. The lowest BCUT2D eigenvalue weighted by atomic mass is 10.0. The summed E-state index contributed by atoms with van der Waals surface area (Å²) in [7, 11) is 2.58. The largest absolute Gasteiger partial charge is 0.543 e. The summed E-state index contributed by atoms with van der Waals surface area (Å²) < 4.78 is 1.22. The number of nitrogens with one attached hydrogen (secondary N) is 2. The number of aromatic nitrogens is 3. The summed E-state index contributed by atoms with van der Waals surface area (Å²) in [4.78, 5) is 80.7. The molecule has 0 spiro atoms. The minimum Gasteiger partial charge on any atom is -0.543 e. The number of halogens is 1. The Labute approximate surface area is 203 Å². The Morgan fingerprint density at radius 3 is 2.71 bits per heavy atom. The van der Waals surface area contributed by atoms with Crippen LogP contribution in [0.1, 0.15) is 0 Å². The summed E-state index contributed by atoms with van der Waals surface area (Å²) in [6.07, 6.45) is 0. The van der Waals surface area contributed by atoms with Crippen LogP contribution in [0.25, 0.3) is 0 Å². The number of carbonyl (C=O) groups is 4. The normalized spacial score (nSPS) is 19.9. The lowest BCUT2D eigenvalue weighted by Gasteiger charge is -2.50. The standard InChI is InChI=1S/C17H17ClN6O8S2/c1-23-17(20-12(27)13(28)21-23)34-5-6-4-33-15-9(14(29)24(15)10(6)16(30)31)19-11(26)8(22-32-2)7(25)3-18/h9,15H,3-5H2,1-2H3,(H,19,26)(H,21,28)(H,30,31)/p-1/b22-8-/t9-,15?/m1/s1. The van der Waals surface area contributed by atoms with E-state index >= 15 is 0 Å². The molecule has 0 aromatic carbocycles. The third-order valence-corrected chi connectivity index (χ3v) is 7.33. The number of amides is 2. The Kier molecular flexibility index (Phi) is 7.83. The van der Waals surface area contributed by atoms with Gasteiger partial charge in [-0.15, -0.1) is 23.4 Å². The van der Waals surface area contributed by atoms with Gasteiger partial charge >= 0.3 is 11.1 Å². The van der Waals surface area contributed by atoms with Crippen LogP contribution in [-0.2, 0) is 31.1 Å². The molecule has 2 amide bonds. The van der Waals surface area contributed by atoms with E-state index < -0.39 is 57.7 Å². The van der Waals surface area contributed by atoms with E-state index in [4.69, 9.17) is 11.6 Å². The van der Waals surface area contributed by atoms with Crippen molar-refractivity contribution in [2.45, 2.75) is 16.6 Å². The number of nitrogens with zero attached hydrogens (tertiary/aromatic N) is 4. The van der Waals surface area contributed by atoms with E-state index in [0.717, 1.165) is 23.8 Å². The van der Waals surface area contributed by atoms with Crippen molar-refractivity contribution in [1.82, 2.24) is 25.0 Å². The maximum atomic E-state index is 12.7. The fraction of sp³-hybridized carbons (Fsp3) is 0.412. The Morgan fingerprint density at radius 1 is 1.38 bits per heavy atom. The molecule has 2 atom stereocenters. The van der Waals surface area contributed by atoms with Crippen LogP contribution in [0.3, 0.4) is 0 Å². The van der Waals surface area contributed by atoms with Gasteiger partial charge < -0.3 is 20.1 Å². The molecule has 17 heteroatoms. The van der Waals surface area contributed by atoms with Gasteiger partial charge in [0, 0.05) is 18.6 Å². The Morgan fingerprint density at radius 2 is 2.09 bits per heavy atom. The second-order valence-electron chi connectivity index (χ2n) is 6.77. The molecule has 182 valence electrons. The van der Waals surface area contributed by atoms with E-state index in [1.54, 1.807) is 0 Å². The molecule has 14 nitrogen and oxygen atoms in total. The number of hydrogen-bond donors (Lipinski definition) is 2. The van der Waals surface area contributed by atoms with Crippen LogP contribution in [-0.4, -0.2) is 84.9 Å². The van der Waals surface area contributed by atoms with Crippen molar-refractivity contribution in [3.05, 3.63) is 32.0 Å². The van der Waals surface area contributed by atoms with Gasteiger partial charge in [0.05, 0.1) is 17.5 Å². The molecule has 0 bridgehead atoms. The summed E-state index contributed by atoms with van der Waals surface area (Å²) in [6.45, 7) is 0. The number of fused-ring (bicyclic) bond motifs is 1. The smallest absolute Gasteiger partial charge is 0.339 e. The van der Waals surface area contributed by atoms with Crippen molar-refractivity contribution in [3.63, 3.8) is 0 Å². The highest BCUT2D eigenvalue weighted by Gasteiger charge is 2.53. The van der Waals surface area contributed by atoms with Crippen LogP contribution in [0.4, 0.5) is 0 Å². The summed E-state index contributed by atoms with van der Waals surface area (Å²) in [5.74, 6) is -4.47. The zero-order valence-electron chi connectivity index (χ0n) is 17.5. The second kappa shape index (κ2) is 10.4. The van der Waals surface area contributed by atoms with Crippen molar-refractivity contribution in [3.8, 4) is 0 Å². The number of carbonyl (C=O) groups excluding carboxylic acids is 4. The van der Waals surface area contributed by atoms with E-state index in [1.165, 1.54) is 23.5 Å². The topological polar surface area (TPSA) is 196 Å². The quantitative estimate of drug-likeness (QED) is 0.0618. The molecular weight excluding hydrogens is 516 g/mol. The predicted octanol–water partition coefficient (Wildman–Crippen LogP) is -3.23. The molecular formula is C17H16ClN6O8S2-. The average Bonchev–Trinajstić information content (AvgIpc) is 2.80. The number of Topliss-reactive ketones (excluding diaryl/α,β-unsaturated/α-hetero) is 1. The Hall–Kier alpha value is -3.11. The van der Waals surface area contributed by atoms with Crippen LogP contribution in [0.15, 0.2) is 31.2 Å². The number of alkyl halides is 1. The molecule has 0 saturated carbocycles. The minimum atomic E-state index is -1.60. The third-order valence-electron chi connectivity index (χ3n) is 4.63. The number of carboxylic acid groups (broad SMARTS) is 1. The van der Waals surface area contributed by atoms with Crippen LogP contribution in [0, 0.1) is 0 Å². The summed E-state index contributed by atoms with van der Waals surface area (Å²) in [5, 5.41) is 19.2. The number of aryl methyl sites for hydroxylation is 1. The number of oxime groups is 1. The van der Waals surface area contributed by atoms with Gasteiger partial charge in [-0.2, -0.15) is 4.98 Å². The van der Waals surface area contributed by atoms with Gasteiger partial charge in [-0.25, -0.2) is 0 Å². The number of β-lactam (4-membered cyclic amide) rings is 1. The molecule has 1 aromatic heterocycles. The first-order chi connectivity index (χ1) is 16.1. The number of hydrogen-bond acceptors (Lipinski definition) is 12. The first-order valence-corrected chi connectivity index (χ1v) is 11.9. The third kappa shape index (κ3) is 4.88. The van der Waals surface area contributed by atoms with Gasteiger partial charge in [-0.1, -0.05) is 16.9 Å². The minimum absolute atomic E-state index is 0.0328. The number of aliphatic carboxylic acids is 1. The molecule has 3 rings (SSSR count). The van der Waals surface area contributed by atoms with E-state index in [2.05, 4.69) is 25.4 Å². The number of thioether (sulfide) groups is 2. The molecule has 0 aliphatic carbocycles. The second-order valence-corrected chi connectivity index (χ2v) is 9.08. The Balaban J connectivity index is 1.78. The zero-order valence-corrected chi connectivity index (χ0v) is 19.9. The van der Waals surface area contributed by atoms with Crippen LogP contribution in [0.2, 0.25) is 0 Å². The highest BCUT2D eigenvalue weighted by atomic mass is 35.5. The van der Waals surface area contributed by atoms with E-state index in [0.29, 0.717) is 5.57 Å². The molecule has 2 aliphatic heterocycles.